The molecule has 0 aliphatic carbocycles. The van der Waals surface area contributed by atoms with Crippen molar-refractivity contribution < 1.29 is 9.53 Å². The van der Waals surface area contributed by atoms with Crippen molar-refractivity contribution in [1.82, 2.24) is 20.2 Å². The van der Waals surface area contributed by atoms with Gasteiger partial charge in [-0.1, -0.05) is 23.3 Å². The van der Waals surface area contributed by atoms with E-state index in [2.05, 4.69) is 20.4 Å². The highest BCUT2D eigenvalue weighted by Gasteiger charge is 2.26. The summed E-state index contributed by atoms with van der Waals surface area (Å²) >= 11 is 0. The average molecular weight is 329 g/mol. The zero-order valence-electron chi connectivity index (χ0n) is 14.1. The van der Waals surface area contributed by atoms with Crippen LogP contribution in [0.4, 0.5) is 5.95 Å². The second-order valence-corrected chi connectivity index (χ2v) is 6.42. The summed E-state index contributed by atoms with van der Waals surface area (Å²) in [6.07, 6.45) is 2.42. The van der Waals surface area contributed by atoms with E-state index in [1.165, 1.54) is 0 Å². The topological polar surface area (TPSA) is 73.1 Å². The Hall–Kier alpha value is -2.44. The van der Waals surface area contributed by atoms with Gasteiger partial charge in [0.2, 0.25) is 5.95 Å². The zero-order valence-corrected chi connectivity index (χ0v) is 14.1. The van der Waals surface area contributed by atoms with Crippen molar-refractivity contribution in [3.8, 4) is 5.69 Å². The maximum Gasteiger partial charge on any atom is 0.306 e. The minimum Gasteiger partial charge on any atom is -0.463 e. The smallest absolute Gasteiger partial charge is 0.306 e. The summed E-state index contributed by atoms with van der Waals surface area (Å²) in [4.78, 5) is 14.1. The lowest BCUT2D eigenvalue weighted by molar-refractivity contribution is -0.148. The van der Waals surface area contributed by atoms with Gasteiger partial charge >= 0.3 is 5.97 Å². The second kappa shape index (κ2) is 7.42. The van der Waals surface area contributed by atoms with Gasteiger partial charge in [-0.2, -0.15) is 4.68 Å². The monoisotopic (exact) mass is 329 g/mol. The third-order valence-corrected chi connectivity index (χ3v) is 4.08. The lowest BCUT2D eigenvalue weighted by Gasteiger charge is -2.32. The van der Waals surface area contributed by atoms with Crippen LogP contribution in [0.3, 0.4) is 0 Å². The lowest BCUT2D eigenvalue weighted by atomic mass is 9.95. The molecule has 3 rings (SSSR count). The molecule has 2 aromatic rings. The van der Waals surface area contributed by atoms with Gasteiger partial charge in [-0.15, -0.1) is 0 Å². The van der Waals surface area contributed by atoms with E-state index in [0.717, 1.165) is 37.6 Å². The molecule has 0 N–H and O–H groups in total. The molecule has 1 fully saturated rings. The van der Waals surface area contributed by atoms with Crippen LogP contribution in [-0.4, -0.2) is 45.4 Å². The Bertz CT molecular complexity index is 671. The molecule has 1 atom stereocenters. The van der Waals surface area contributed by atoms with Crippen molar-refractivity contribution >= 4 is 11.9 Å². The fourth-order valence-corrected chi connectivity index (χ4v) is 3.08. The number of anilines is 1. The largest absolute Gasteiger partial charge is 0.463 e. The van der Waals surface area contributed by atoms with Crippen LogP contribution in [0.1, 0.15) is 33.1 Å². The fourth-order valence-electron chi connectivity index (χ4n) is 3.08. The number of hydrogen-bond acceptors (Lipinski definition) is 6. The first-order valence-electron chi connectivity index (χ1n) is 8.41. The number of carbonyl (C=O) groups excluding carboxylic acids is 1. The van der Waals surface area contributed by atoms with Crippen LogP contribution in [0.15, 0.2) is 30.3 Å². The Morgan fingerprint density at radius 3 is 2.88 bits per heavy atom. The molecule has 1 aromatic heterocycles. The predicted molar refractivity (Wildman–Crippen MR) is 89.9 cm³/mol. The van der Waals surface area contributed by atoms with Gasteiger partial charge < -0.3 is 9.64 Å². The number of carbonyl (C=O) groups is 1. The van der Waals surface area contributed by atoms with Gasteiger partial charge in [0.15, 0.2) is 0 Å². The van der Waals surface area contributed by atoms with Crippen molar-refractivity contribution in [2.45, 2.75) is 39.2 Å². The van der Waals surface area contributed by atoms with Crippen LogP contribution in [0.25, 0.3) is 5.69 Å². The molecule has 7 heteroatoms. The maximum absolute atomic E-state index is 11.9. The molecule has 1 aromatic carbocycles. The molecule has 0 bridgehead atoms. The minimum absolute atomic E-state index is 0.0671. The quantitative estimate of drug-likeness (QED) is 0.783. The molecule has 0 saturated carbocycles. The Morgan fingerprint density at radius 2 is 2.12 bits per heavy atom. The van der Waals surface area contributed by atoms with E-state index in [1.807, 2.05) is 44.2 Å². The Morgan fingerprint density at radius 1 is 1.33 bits per heavy atom. The maximum atomic E-state index is 11.9. The molecule has 128 valence electrons. The third kappa shape index (κ3) is 3.90. The number of esters is 1. The molecule has 0 amide bonds. The Kier molecular flexibility index (Phi) is 5.08. The van der Waals surface area contributed by atoms with Crippen molar-refractivity contribution in [3.63, 3.8) is 0 Å². The number of ether oxygens (including phenoxy) is 1. The van der Waals surface area contributed by atoms with Crippen LogP contribution in [0.5, 0.6) is 0 Å². The van der Waals surface area contributed by atoms with Crippen molar-refractivity contribution in [1.29, 1.82) is 0 Å². The second-order valence-electron chi connectivity index (χ2n) is 6.42. The van der Waals surface area contributed by atoms with Crippen LogP contribution < -0.4 is 4.90 Å². The zero-order chi connectivity index (χ0) is 16.9. The number of tetrazole rings is 1. The Balaban J connectivity index is 1.70. The molecule has 1 aliphatic heterocycles. The molecule has 2 heterocycles. The normalized spacial score (nSPS) is 18.0. The number of aromatic nitrogens is 4. The van der Waals surface area contributed by atoms with Crippen molar-refractivity contribution in [2.24, 2.45) is 5.92 Å². The van der Waals surface area contributed by atoms with Crippen LogP contribution in [-0.2, 0) is 9.53 Å². The lowest BCUT2D eigenvalue weighted by Crippen LogP contribution is -2.38. The highest BCUT2D eigenvalue weighted by Crippen LogP contribution is 2.25. The third-order valence-electron chi connectivity index (χ3n) is 4.08. The number of nitrogens with zero attached hydrogens (tertiary/aromatic N) is 5. The van der Waals surface area contributed by atoms with E-state index in [1.54, 1.807) is 4.68 Å². The summed E-state index contributed by atoms with van der Waals surface area (Å²) in [5.41, 5.74) is 0.929. The molecular formula is C17H23N5O2. The highest BCUT2D eigenvalue weighted by atomic mass is 16.5. The Labute approximate surface area is 141 Å². The van der Waals surface area contributed by atoms with Gasteiger partial charge in [-0.3, -0.25) is 4.79 Å². The summed E-state index contributed by atoms with van der Waals surface area (Å²) in [7, 11) is 0. The van der Waals surface area contributed by atoms with Gasteiger partial charge in [-0.05, 0) is 55.2 Å². The van der Waals surface area contributed by atoms with Gasteiger partial charge in [0.05, 0.1) is 18.2 Å². The van der Waals surface area contributed by atoms with Crippen LogP contribution in [0, 0.1) is 5.92 Å². The molecule has 0 unspecified atom stereocenters. The summed E-state index contributed by atoms with van der Waals surface area (Å²) in [6.45, 7) is 5.40. The fraction of sp³-hybridized carbons (Fsp3) is 0.529. The molecular weight excluding hydrogens is 306 g/mol. The molecule has 1 saturated heterocycles. The average Bonchev–Trinajstić information content (AvgIpc) is 3.04. The SMILES string of the molecule is CC(C)OC(=O)C[C@H]1CCCN(c2nnnn2-c2ccccc2)C1. The van der Waals surface area contributed by atoms with Gasteiger partial charge in [-0.25, -0.2) is 0 Å². The van der Waals surface area contributed by atoms with Gasteiger partial charge in [0.1, 0.15) is 0 Å². The number of hydrogen-bond donors (Lipinski definition) is 0. The summed E-state index contributed by atoms with van der Waals surface area (Å²) in [5, 5.41) is 12.1. The van der Waals surface area contributed by atoms with E-state index >= 15 is 0 Å². The first-order chi connectivity index (χ1) is 11.6. The molecule has 0 radical (unpaired) electrons. The van der Waals surface area contributed by atoms with Crippen LogP contribution >= 0.6 is 0 Å². The molecule has 24 heavy (non-hydrogen) atoms. The highest BCUT2D eigenvalue weighted by molar-refractivity contribution is 5.70. The predicted octanol–water partition coefficient (Wildman–Crippen LogP) is 2.22. The van der Waals surface area contributed by atoms with Gasteiger partial charge in [0, 0.05) is 13.1 Å². The van der Waals surface area contributed by atoms with Gasteiger partial charge in [0.25, 0.3) is 0 Å². The number of para-hydroxylation sites is 1. The van der Waals surface area contributed by atoms with Crippen molar-refractivity contribution in [3.05, 3.63) is 30.3 Å². The minimum atomic E-state index is -0.125. The summed E-state index contributed by atoms with van der Waals surface area (Å²) in [6, 6.07) is 9.83. The number of benzene rings is 1. The number of rotatable bonds is 5. The van der Waals surface area contributed by atoms with Crippen LogP contribution in [0.2, 0.25) is 0 Å². The van der Waals surface area contributed by atoms with E-state index < -0.39 is 0 Å². The van der Waals surface area contributed by atoms with Crippen molar-refractivity contribution in [2.75, 3.05) is 18.0 Å². The first-order valence-corrected chi connectivity index (χ1v) is 8.41. The van der Waals surface area contributed by atoms with E-state index in [9.17, 15) is 4.79 Å². The molecule has 0 spiro atoms. The standard InChI is InChI=1S/C17H23N5O2/c1-13(2)24-16(23)11-14-7-6-10-21(12-14)17-18-19-20-22(17)15-8-4-3-5-9-15/h3-5,8-9,13-14H,6-7,10-12H2,1-2H3/t14-/m1/s1. The number of piperidine rings is 1. The summed E-state index contributed by atoms with van der Waals surface area (Å²) < 4.78 is 7.01. The molecule has 1 aliphatic rings. The van der Waals surface area contributed by atoms with E-state index in [4.69, 9.17) is 4.74 Å². The summed E-state index contributed by atoms with van der Waals surface area (Å²) in [5.74, 6) is 0.869. The molecule has 7 nitrogen and oxygen atoms in total. The first kappa shape index (κ1) is 16.4. The van der Waals surface area contributed by atoms with E-state index in [0.29, 0.717) is 6.42 Å². The van der Waals surface area contributed by atoms with E-state index in [-0.39, 0.29) is 18.0 Å².